The molecule has 0 aromatic carbocycles. The molecule has 0 radical (unpaired) electrons. The quantitative estimate of drug-likeness (QED) is 0.603. The van der Waals surface area contributed by atoms with Gasteiger partial charge >= 0.3 is 0 Å². The number of amides is 1. The van der Waals surface area contributed by atoms with Crippen molar-refractivity contribution in [3.63, 3.8) is 0 Å². The van der Waals surface area contributed by atoms with E-state index in [0.29, 0.717) is 12.2 Å². The van der Waals surface area contributed by atoms with Crippen LogP contribution in [0.5, 0.6) is 0 Å². The largest absolute Gasteiger partial charge is 0.320 e. The number of aromatic nitrogens is 2. The van der Waals surface area contributed by atoms with Gasteiger partial charge in [0.05, 0.1) is 6.04 Å². The van der Waals surface area contributed by atoms with Crippen molar-refractivity contribution in [1.82, 2.24) is 10.2 Å². The van der Waals surface area contributed by atoms with Gasteiger partial charge in [-0.25, -0.2) is 5.10 Å². The number of carbonyl (C=O) groups excluding carboxylic acids is 1. The van der Waals surface area contributed by atoms with Crippen molar-refractivity contribution in [2.45, 2.75) is 19.4 Å². The molecule has 0 fully saturated rings. The Hall–Kier alpha value is -1.69. The zero-order valence-electron chi connectivity index (χ0n) is 7.78. The van der Waals surface area contributed by atoms with Crippen LogP contribution in [-0.4, -0.2) is 22.1 Å². The van der Waals surface area contributed by atoms with Gasteiger partial charge in [0.2, 0.25) is 5.91 Å². The van der Waals surface area contributed by atoms with E-state index in [0.717, 1.165) is 0 Å². The Morgan fingerprint density at radius 3 is 2.93 bits per heavy atom. The fraction of sp³-hybridized carbons (Fsp3) is 0.375. The number of hydrogen-bond donors (Lipinski definition) is 3. The molecular weight excluding hydrogens is 184 g/mol. The number of aromatic amines is 1. The molecule has 0 aliphatic carbocycles. The molecule has 0 bridgehead atoms. The van der Waals surface area contributed by atoms with Crippen LogP contribution in [-0.2, 0) is 4.79 Å². The highest BCUT2D eigenvalue weighted by molar-refractivity contribution is 5.93. The third-order valence-corrected chi connectivity index (χ3v) is 1.71. The minimum absolute atomic E-state index is 0.290. The molecule has 1 amide bonds. The van der Waals surface area contributed by atoms with E-state index in [2.05, 4.69) is 15.5 Å². The van der Waals surface area contributed by atoms with E-state index < -0.39 is 6.04 Å². The molecule has 1 rings (SSSR count). The van der Waals surface area contributed by atoms with E-state index in [1.165, 1.54) is 12.1 Å². The lowest BCUT2D eigenvalue weighted by molar-refractivity contribution is -0.117. The molecule has 6 heteroatoms. The van der Waals surface area contributed by atoms with Crippen LogP contribution in [0.15, 0.2) is 16.9 Å². The highest BCUT2D eigenvalue weighted by Gasteiger charge is 2.11. The number of nitrogens with two attached hydrogens (primary N) is 1. The summed E-state index contributed by atoms with van der Waals surface area (Å²) in [5.74, 6) is -0.0226. The summed E-state index contributed by atoms with van der Waals surface area (Å²) >= 11 is 0. The van der Waals surface area contributed by atoms with Crippen LogP contribution in [0.4, 0.5) is 5.82 Å². The van der Waals surface area contributed by atoms with Crippen LogP contribution in [0.1, 0.15) is 13.3 Å². The van der Waals surface area contributed by atoms with Gasteiger partial charge in [-0.1, -0.05) is 6.92 Å². The molecule has 6 nitrogen and oxygen atoms in total. The molecule has 14 heavy (non-hydrogen) atoms. The monoisotopic (exact) mass is 196 g/mol. The number of nitrogens with zero attached hydrogens (tertiary/aromatic N) is 1. The molecule has 0 saturated carbocycles. The van der Waals surface area contributed by atoms with Crippen molar-refractivity contribution in [1.29, 1.82) is 0 Å². The van der Waals surface area contributed by atoms with Gasteiger partial charge < -0.3 is 11.1 Å². The molecule has 0 saturated heterocycles. The second-order valence-corrected chi connectivity index (χ2v) is 2.81. The smallest absolute Gasteiger partial charge is 0.264 e. The molecule has 0 unspecified atom stereocenters. The molecular formula is C8H12N4O2. The van der Waals surface area contributed by atoms with E-state index >= 15 is 0 Å². The number of anilines is 1. The molecule has 1 aromatic rings. The fourth-order valence-electron chi connectivity index (χ4n) is 0.818. The fourth-order valence-corrected chi connectivity index (χ4v) is 0.818. The van der Waals surface area contributed by atoms with E-state index in [4.69, 9.17) is 5.73 Å². The van der Waals surface area contributed by atoms with Crippen LogP contribution in [0.3, 0.4) is 0 Å². The van der Waals surface area contributed by atoms with Crippen molar-refractivity contribution in [3.05, 3.63) is 22.5 Å². The lowest BCUT2D eigenvalue weighted by Crippen LogP contribution is -2.35. The van der Waals surface area contributed by atoms with Crippen LogP contribution >= 0.6 is 0 Å². The van der Waals surface area contributed by atoms with Crippen molar-refractivity contribution < 1.29 is 4.79 Å². The number of rotatable bonds is 3. The van der Waals surface area contributed by atoms with Gasteiger partial charge in [-0.15, -0.1) is 0 Å². The number of carbonyl (C=O) groups is 1. The minimum atomic E-state index is -0.552. The van der Waals surface area contributed by atoms with Crippen molar-refractivity contribution in [3.8, 4) is 0 Å². The molecule has 1 atom stereocenters. The molecule has 1 aromatic heterocycles. The van der Waals surface area contributed by atoms with E-state index in [-0.39, 0.29) is 11.5 Å². The van der Waals surface area contributed by atoms with Gasteiger partial charge in [0.25, 0.3) is 5.56 Å². The summed E-state index contributed by atoms with van der Waals surface area (Å²) in [6, 6.07) is 2.14. The Morgan fingerprint density at radius 2 is 2.43 bits per heavy atom. The van der Waals surface area contributed by atoms with Gasteiger partial charge in [0, 0.05) is 6.07 Å². The predicted molar refractivity (Wildman–Crippen MR) is 51.8 cm³/mol. The Kier molecular flexibility index (Phi) is 3.35. The van der Waals surface area contributed by atoms with Crippen LogP contribution in [0, 0.1) is 0 Å². The zero-order valence-corrected chi connectivity index (χ0v) is 7.78. The summed E-state index contributed by atoms with van der Waals surface area (Å²) in [5.41, 5.74) is 5.17. The second kappa shape index (κ2) is 4.52. The van der Waals surface area contributed by atoms with Gasteiger partial charge in [-0.3, -0.25) is 9.59 Å². The lowest BCUT2D eigenvalue weighted by Gasteiger charge is -2.08. The Bertz CT molecular complexity index is 353. The Labute approximate surface area is 80.5 Å². The normalized spacial score (nSPS) is 12.1. The summed E-state index contributed by atoms with van der Waals surface area (Å²) in [6.07, 6.45) is 0.551. The first-order chi connectivity index (χ1) is 6.63. The molecule has 0 aliphatic heterocycles. The average Bonchev–Trinajstić information content (AvgIpc) is 2.20. The summed E-state index contributed by atoms with van der Waals surface area (Å²) in [6.45, 7) is 1.81. The molecule has 4 N–H and O–H groups in total. The van der Waals surface area contributed by atoms with Crippen LogP contribution in [0.2, 0.25) is 0 Å². The predicted octanol–water partition coefficient (Wildman–Crippen LogP) is -0.554. The van der Waals surface area contributed by atoms with Crippen molar-refractivity contribution in [2.24, 2.45) is 5.73 Å². The number of hydrogen-bond acceptors (Lipinski definition) is 4. The highest BCUT2D eigenvalue weighted by Crippen LogP contribution is 1.98. The number of H-pyrrole nitrogens is 1. The van der Waals surface area contributed by atoms with Crippen LogP contribution in [0.25, 0.3) is 0 Å². The maximum Gasteiger partial charge on any atom is 0.264 e. The SMILES string of the molecule is CC[C@H](N)C(=O)Nc1ccc(=O)[nH]n1. The maximum atomic E-state index is 11.3. The van der Waals surface area contributed by atoms with Crippen molar-refractivity contribution in [2.75, 3.05) is 5.32 Å². The first kappa shape index (κ1) is 10.4. The lowest BCUT2D eigenvalue weighted by atomic mass is 10.2. The van der Waals surface area contributed by atoms with E-state index in [1.807, 2.05) is 6.92 Å². The van der Waals surface area contributed by atoms with Gasteiger partial charge in [0.1, 0.15) is 0 Å². The summed E-state index contributed by atoms with van der Waals surface area (Å²) in [5, 5.41) is 8.29. The van der Waals surface area contributed by atoms with Gasteiger partial charge in [0.15, 0.2) is 5.82 Å². The van der Waals surface area contributed by atoms with Crippen molar-refractivity contribution >= 4 is 11.7 Å². The van der Waals surface area contributed by atoms with Gasteiger partial charge in [-0.2, -0.15) is 5.10 Å². The second-order valence-electron chi connectivity index (χ2n) is 2.81. The zero-order chi connectivity index (χ0) is 10.6. The summed E-state index contributed by atoms with van der Waals surface area (Å²) in [7, 11) is 0. The first-order valence-corrected chi connectivity index (χ1v) is 4.25. The van der Waals surface area contributed by atoms with Gasteiger partial charge in [-0.05, 0) is 12.5 Å². The first-order valence-electron chi connectivity index (χ1n) is 4.25. The highest BCUT2D eigenvalue weighted by atomic mass is 16.2. The summed E-state index contributed by atoms with van der Waals surface area (Å²) in [4.78, 5) is 21.9. The van der Waals surface area contributed by atoms with Crippen LogP contribution < -0.4 is 16.6 Å². The molecule has 1 heterocycles. The average molecular weight is 196 g/mol. The molecule has 76 valence electrons. The summed E-state index contributed by atoms with van der Waals surface area (Å²) < 4.78 is 0. The topological polar surface area (TPSA) is 101 Å². The Balaban J connectivity index is 2.65. The standard InChI is InChI=1S/C8H12N4O2/c1-2-5(9)8(14)10-6-3-4-7(13)12-11-6/h3-5H,2,9H2,1H3,(H,12,13)(H,10,11,14)/t5-/m0/s1. The number of nitrogens with one attached hydrogen (secondary N) is 2. The molecule has 0 aliphatic rings. The van der Waals surface area contributed by atoms with E-state index in [1.54, 1.807) is 0 Å². The Morgan fingerprint density at radius 1 is 1.71 bits per heavy atom. The third kappa shape index (κ3) is 2.67. The maximum absolute atomic E-state index is 11.3. The molecule has 0 spiro atoms. The minimum Gasteiger partial charge on any atom is -0.320 e. The third-order valence-electron chi connectivity index (χ3n) is 1.71. The van der Waals surface area contributed by atoms with E-state index in [9.17, 15) is 9.59 Å².